The molecule has 0 bridgehead atoms. The lowest BCUT2D eigenvalue weighted by Gasteiger charge is -2.23. The lowest BCUT2D eigenvalue weighted by molar-refractivity contribution is 0.377. The number of allylic oxidation sites excluding steroid dienone is 2. The van der Waals surface area contributed by atoms with Gasteiger partial charge < -0.3 is 15.3 Å². The summed E-state index contributed by atoms with van der Waals surface area (Å²) < 4.78 is 0. The van der Waals surface area contributed by atoms with E-state index in [0.717, 1.165) is 40.7 Å². The molecule has 2 atom stereocenters. The molecule has 36 heavy (non-hydrogen) atoms. The fourth-order valence-corrected chi connectivity index (χ4v) is 5.88. The average molecular weight is 481 g/mol. The van der Waals surface area contributed by atoms with Crippen LogP contribution in [0, 0.1) is 0 Å². The SMILES string of the molecule is CCCCCCCCCc1cc(C2C(O)=Cc3ccccc32)c(O)c(C2C(O)=Cc3ccccc32)c1. The Morgan fingerprint density at radius 1 is 0.583 bits per heavy atom. The largest absolute Gasteiger partial charge is 0.511 e. The van der Waals surface area contributed by atoms with Crippen LogP contribution in [0.25, 0.3) is 12.2 Å². The summed E-state index contributed by atoms with van der Waals surface area (Å²) in [6, 6.07) is 20.0. The summed E-state index contributed by atoms with van der Waals surface area (Å²) in [7, 11) is 0. The predicted octanol–water partition coefficient (Wildman–Crippen LogP) is 8.77. The Kier molecular flexibility index (Phi) is 7.18. The maximum atomic E-state index is 11.6. The molecule has 0 saturated heterocycles. The first-order valence-electron chi connectivity index (χ1n) is 13.4. The summed E-state index contributed by atoms with van der Waals surface area (Å²) in [5.74, 6) is -0.163. The van der Waals surface area contributed by atoms with E-state index in [1.807, 2.05) is 48.5 Å². The molecule has 3 aromatic rings. The fraction of sp³-hybridized carbons (Fsp3) is 0.333. The molecule has 5 rings (SSSR count). The molecule has 3 heteroatoms. The van der Waals surface area contributed by atoms with Gasteiger partial charge in [0.1, 0.15) is 17.3 Å². The number of fused-ring (bicyclic) bond motifs is 2. The minimum atomic E-state index is -0.406. The van der Waals surface area contributed by atoms with Crippen molar-refractivity contribution in [2.75, 3.05) is 0 Å². The van der Waals surface area contributed by atoms with E-state index in [1.54, 1.807) is 12.2 Å². The van der Waals surface area contributed by atoms with E-state index in [4.69, 9.17) is 0 Å². The topological polar surface area (TPSA) is 60.7 Å². The van der Waals surface area contributed by atoms with Crippen molar-refractivity contribution < 1.29 is 15.3 Å². The van der Waals surface area contributed by atoms with Gasteiger partial charge in [-0.3, -0.25) is 0 Å². The van der Waals surface area contributed by atoms with Gasteiger partial charge in [-0.2, -0.15) is 0 Å². The number of aliphatic hydroxyl groups excluding tert-OH is 2. The van der Waals surface area contributed by atoms with E-state index in [0.29, 0.717) is 11.1 Å². The van der Waals surface area contributed by atoms with Gasteiger partial charge in [0.25, 0.3) is 0 Å². The van der Waals surface area contributed by atoms with E-state index in [-0.39, 0.29) is 17.3 Å². The molecule has 0 aliphatic heterocycles. The van der Waals surface area contributed by atoms with Gasteiger partial charge in [0, 0.05) is 11.1 Å². The van der Waals surface area contributed by atoms with Gasteiger partial charge >= 0.3 is 0 Å². The van der Waals surface area contributed by atoms with Crippen molar-refractivity contribution in [3.8, 4) is 5.75 Å². The molecule has 3 nitrogen and oxygen atoms in total. The molecule has 0 heterocycles. The zero-order valence-corrected chi connectivity index (χ0v) is 21.1. The van der Waals surface area contributed by atoms with Crippen molar-refractivity contribution >= 4 is 12.2 Å². The van der Waals surface area contributed by atoms with Crippen molar-refractivity contribution in [3.05, 3.63) is 111 Å². The molecular formula is C33H36O3. The van der Waals surface area contributed by atoms with Crippen LogP contribution in [0.3, 0.4) is 0 Å². The minimum Gasteiger partial charge on any atom is -0.511 e. The molecule has 186 valence electrons. The van der Waals surface area contributed by atoms with E-state index < -0.39 is 11.8 Å². The third kappa shape index (κ3) is 4.67. The molecule has 0 aromatic heterocycles. The first-order valence-corrected chi connectivity index (χ1v) is 13.4. The van der Waals surface area contributed by atoms with E-state index in [9.17, 15) is 15.3 Å². The number of unbranched alkanes of at least 4 members (excludes halogenated alkanes) is 6. The highest BCUT2D eigenvalue weighted by Crippen LogP contribution is 2.49. The van der Waals surface area contributed by atoms with Gasteiger partial charge in [-0.25, -0.2) is 0 Å². The van der Waals surface area contributed by atoms with E-state index in [2.05, 4.69) is 19.1 Å². The lowest BCUT2D eigenvalue weighted by atomic mass is 9.83. The van der Waals surface area contributed by atoms with Crippen LogP contribution in [0.1, 0.15) is 103 Å². The van der Waals surface area contributed by atoms with Gasteiger partial charge in [0.2, 0.25) is 0 Å². The minimum absolute atomic E-state index is 0.154. The summed E-state index contributed by atoms with van der Waals surface area (Å²) >= 11 is 0. The number of phenolic OH excluding ortho intramolecular Hbond substituents is 1. The standard InChI is InChI=1S/C33H36O3/c1-2-3-4-5-6-7-8-13-22-18-27(31-25-16-11-9-14-23(25)20-29(31)34)33(36)28(19-22)32-26-17-12-10-15-24(26)21-30(32)35/h9-12,14-21,31-32,34-36H,2-8,13H2,1H3. The molecule has 2 aliphatic rings. The number of aryl methyl sites for hydroxylation is 1. The molecule has 3 N–H and O–H groups in total. The zero-order chi connectivity index (χ0) is 25.1. The Bertz CT molecular complexity index is 1210. The van der Waals surface area contributed by atoms with Crippen LogP contribution < -0.4 is 0 Å². The molecule has 2 aliphatic carbocycles. The van der Waals surface area contributed by atoms with Crippen LogP contribution in [0.2, 0.25) is 0 Å². The summed E-state index contributed by atoms with van der Waals surface area (Å²) in [6.07, 6.45) is 13.2. The second-order valence-electron chi connectivity index (χ2n) is 10.3. The maximum Gasteiger partial charge on any atom is 0.124 e. The Hall–Kier alpha value is -3.46. The average Bonchev–Trinajstić information content (AvgIpc) is 3.39. The Morgan fingerprint density at radius 3 is 1.58 bits per heavy atom. The van der Waals surface area contributed by atoms with Crippen molar-refractivity contribution in [3.63, 3.8) is 0 Å². The summed E-state index contributed by atoms with van der Waals surface area (Å²) in [5.41, 5.74) is 6.51. The van der Waals surface area contributed by atoms with Crippen molar-refractivity contribution in [2.24, 2.45) is 0 Å². The third-order valence-corrected chi connectivity index (χ3v) is 7.73. The van der Waals surface area contributed by atoms with Crippen molar-refractivity contribution in [2.45, 2.75) is 70.1 Å². The lowest BCUT2D eigenvalue weighted by Crippen LogP contribution is -2.08. The van der Waals surface area contributed by atoms with Gasteiger partial charge in [-0.15, -0.1) is 0 Å². The molecular weight excluding hydrogens is 444 g/mol. The first kappa shape index (κ1) is 24.2. The van der Waals surface area contributed by atoms with E-state index >= 15 is 0 Å². The number of hydrogen-bond donors (Lipinski definition) is 3. The Labute approximate surface area is 214 Å². The molecule has 0 saturated carbocycles. The number of benzene rings is 3. The number of aromatic hydroxyl groups is 1. The highest BCUT2D eigenvalue weighted by atomic mass is 16.3. The fourth-order valence-electron chi connectivity index (χ4n) is 5.88. The van der Waals surface area contributed by atoms with Gasteiger partial charge in [0.05, 0.1) is 11.8 Å². The van der Waals surface area contributed by atoms with Crippen LogP contribution in [0.15, 0.2) is 72.2 Å². The van der Waals surface area contributed by atoms with Gasteiger partial charge in [-0.05, 0) is 52.8 Å². The van der Waals surface area contributed by atoms with Gasteiger partial charge in [-0.1, -0.05) is 106 Å². The smallest absolute Gasteiger partial charge is 0.124 e. The summed E-state index contributed by atoms with van der Waals surface area (Å²) in [5, 5.41) is 33.5. The molecule has 0 radical (unpaired) electrons. The Balaban J connectivity index is 1.50. The summed E-state index contributed by atoms with van der Waals surface area (Å²) in [6.45, 7) is 2.24. The number of aliphatic hydroxyl groups is 2. The van der Waals surface area contributed by atoms with Crippen LogP contribution >= 0.6 is 0 Å². The first-order chi connectivity index (χ1) is 17.6. The zero-order valence-electron chi connectivity index (χ0n) is 21.1. The van der Waals surface area contributed by atoms with Crippen LogP contribution in [-0.2, 0) is 6.42 Å². The molecule has 0 spiro atoms. The Morgan fingerprint density at radius 2 is 1.06 bits per heavy atom. The number of rotatable bonds is 10. The van der Waals surface area contributed by atoms with Crippen LogP contribution in [0.4, 0.5) is 0 Å². The quantitative estimate of drug-likeness (QED) is 0.254. The number of hydrogen-bond acceptors (Lipinski definition) is 3. The number of phenols is 1. The van der Waals surface area contributed by atoms with Crippen molar-refractivity contribution in [1.29, 1.82) is 0 Å². The maximum absolute atomic E-state index is 11.6. The van der Waals surface area contributed by atoms with Crippen LogP contribution in [0.5, 0.6) is 5.75 Å². The monoisotopic (exact) mass is 480 g/mol. The molecule has 0 fully saturated rings. The summed E-state index contributed by atoms with van der Waals surface area (Å²) in [4.78, 5) is 0. The van der Waals surface area contributed by atoms with E-state index in [1.165, 1.54) is 38.5 Å². The van der Waals surface area contributed by atoms with Crippen LogP contribution in [-0.4, -0.2) is 15.3 Å². The predicted molar refractivity (Wildman–Crippen MR) is 148 cm³/mol. The third-order valence-electron chi connectivity index (χ3n) is 7.73. The molecule has 2 unspecified atom stereocenters. The second-order valence-corrected chi connectivity index (χ2v) is 10.3. The molecule has 0 amide bonds. The highest BCUT2D eigenvalue weighted by molar-refractivity contribution is 5.72. The van der Waals surface area contributed by atoms with Crippen molar-refractivity contribution in [1.82, 2.24) is 0 Å². The molecule has 3 aromatic carbocycles. The second kappa shape index (κ2) is 10.7. The highest BCUT2D eigenvalue weighted by Gasteiger charge is 2.34. The normalized spacial score (nSPS) is 18.0. The van der Waals surface area contributed by atoms with Gasteiger partial charge in [0.15, 0.2) is 0 Å².